The molecule has 0 fully saturated rings. The summed E-state index contributed by atoms with van der Waals surface area (Å²) in [6.07, 6.45) is 0. The third-order valence-electron chi connectivity index (χ3n) is 3.82. The van der Waals surface area contributed by atoms with Gasteiger partial charge in [0.2, 0.25) is 0 Å². The Morgan fingerprint density at radius 2 is 1.92 bits per heavy atom. The molecule has 0 saturated carbocycles. The molecule has 1 aromatic carbocycles. The fraction of sp³-hybridized carbons (Fsp3) is 0.211. The number of para-hydroxylation sites is 1. The molecule has 3 aromatic rings. The second-order valence-corrected chi connectivity index (χ2v) is 7.00. The number of aryl methyl sites for hydroxylation is 1. The normalized spacial score (nSPS) is 10.8. The molecule has 6 heteroatoms. The minimum atomic E-state index is -0.144. The van der Waals surface area contributed by atoms with E-state index in [9.17, 15) is 10.1 Å². The number of hydrogen-bond donors (Lipinski definition) is 1. The third kappa shape index (κ3) is 3.37. The maximum Gasteiger partial charge on any atom is 0.285 e. The first kappa shape index (κ1) is 17.1. The summed E-state index contributed by atoms with van der Waals surface area (Å²) in [4.78, 5) is 17.9. The fourth-order valence-electron chi connectivity index (χ4n) is 2.45. The van der Waals surface area contributed by atoms with Crippen LogP contribution in [0.4, 0.5) is 0 Å². The molecule has 0 aliphatic heterocycles. The van der Waals surface area contributed by atoms with E-state index < -0.39 is 0 Å². The Bertz CT molecular complexity index is 996. The van der Waals surface area contributed by atoms with Crippen LogP contribution in [-0.2, 0) is 0 Å². The van der Waals surface area contributed by atoms with Gasteiger partial charge in [0.25, 0.3) is 5.56 Å². The number of aromatic amines is 1. The molecular formula is C19H18N4OS. The molecule has 126 valence electrons. The van der Waals surface area contributed by atoms with Crippen molar-refractivity contribution in [2.45, 2.75) is 36.6 Å². The third-order valence-corrected chi connectivity index (χ3v) is 5.01. The van der Waals surface area contributed by atoms with Crippen LogP contribution in [0.25, 0.3) is 5.69 Å². The number of H-pyrrole nitrogens is 1. The molecule has 0 amide bonds. The lowest BCUT2D eigenvalue weighted by atomic mass is 10.1. The van der Waals surface area contributed by atoms with Crippen LogP contribution in [0.3, 0.4) is 0 Å². The van der Waals surface area contributed by atoms with Crippen molar-refractivity contribution in [3.05, 3.63) is 69.8 Å². The van der Waals surface area contributed by atoms with Crippen LogP contribution in [0.5, 0.6) is 0 Å². The van der Waals surface area contributed by atoms with E-state index in [1.54, 1.807) is 6.07 Å². The van der Waals surface area contributed by atoms with Gasteiger partial charge in [-0.15, -0.1) is 0 Å². The first-order valence-electron chi connectivity index (χ1n) is 7.97. The summed E-state index contributed by atoms with van der Waals surface area (Å²) in [7, 11) is 0. The Balaban J connectivity index is 2.05. The standard InChI is InChI=1S/C19H18N4OS/c1-12(2)16-10-9-14(11-20)18(21-16)25-17-13(3)22-23(19(17)24)15-7-5-4-6-8-15/h4-10,12,22H,1-3H3. The van der Waals surface area contributed by atoms with Gasteiger partial charge in [-0.1, -0.05) is 43.8 Å². The average Bonchev–Trinajstić information content (AvgIpc) is 2.90. The molecule has 0 atom stereocenters. The SMILES string of the molecule is Cc1[nH]n(-c2ccccc2)c(=O)c1Sc1nc(C(C)C)ccc1C#N. The smallest absolute Gasteiger partial charge is 0.285 e. The van der Waals surface area contributed by atoms with Crippen molar-refractivity contribution in [1.29, 1.82) is 5.26 Å². The molecule has 1 N–H and O–H groups in total. The van der Waals surface area contributed by atoms with Crippen molar-refractivity contribution in [2.75, 3.05) is 0 Å². The summed E-state index contributed by atoms with van der Waals surface area (Å²) < 4.78 is 1.51. The lowest BCUT2D eigenvalue weighted by molar-refractivity contribution is 0.801. The maximum absolute atomic E-state index is 12.8. The van der Waals surface area contributed by atoms with Crippen LogP contribution < -0.4 is 5.56 Å². The van der Waals surface area contributed by atoms with Gasteiger partial charge >= 0.3 is 0 Å². The highest BCUT2D eigenvalue weighted by atomic mass is 32.2. The van der Waals surface area contributed by atoms with Crippen LogP contribution >= 0.6 is 11.8 Å². The lowest BCUT2D eigenvalue weighted by Crippen LogP contribution is -2.15. The van der Waals surface area contributed by atoms with Crippen LogP contribution in [0.15, 0.2) is 57.2 Å². The Morgan fingerprint density at radius 3 is 2.56 bits per heavy atom. The summed E-state index contributed by atoms with van der Waals surface area (Å²) in [6.45, 7) is 5.95. The number of hydrogen-bond acceptors (Lipinski definition) is 4. The number of nitrogens with zero attached hydrogens (tertiary/aromatic N) is 3. The predicted octanol–water partition coefficient (Wildman–Crippen LogP) is 4.02. The molecule has 0 spiro atoms. The number of nitrogens with one attached hydrogen (secondary N) is 1. The number of rotatable bonds is 4. The summed E-state index contributed by atoms with van der Waals surface area (Å²) in [5.41, 5.74) is 2.75. The van der Waals surface area contributed by atoms with Gasteiger partial charge in [-0.05, 0) is 37.1 Å². The molecule has 2 aromatic heterocycles. The molecule has 0 unspecified atom stereocenters. The second-order valence-electron chi connectivity index (χ2n) is 6.00. The van der Waals surface area contributed by atoms with Crippen LogP contribution in [-0.4, -0.2) is 14.8 Å². The van der Waals surface area contributed by atoms with E-state index in [1.807, 2.05) is 57.2 Å². The summed E-state index contributed by atoms with van der Waals surface area (Å²) in [5, 5.41) is 13.0. The van der Waals surface area contributed by atoms with Crippen molar-refractivity contribution < 1.29 is 0 Å². The Kier molecular flexibility index (Phi) is 4.77. The zero-order valence-electron chi connectivity index (χ0n) is 14.3. The lowest BCUT2D eigenvalue weighted by Gasteiger charge is -2.08. The number of aromatic nitrogens is 3. The minimum Gasteiger partial charge on any atom is -0.294 e. The monoisotopic (exact) mass is 350 g/mol. The van der Waals surface area contributed by atoms with E-state index >= 15 is 0 Å². The van der Waals surface area contributed by atoms with Gasteiger partial charge in [0, 0.05) is 11.4 Å². The molecule has 0 aliphatic rings. The van der Waals surface area contributed by atoms with Gasteiger partial charge in [-0.2, -0.15) is 5.26 Å². The minimum absolute atomic E-state index is 0.144. The van der Waals surface area contributed by atoms with E-state index in [-0.39, 0.29) is 11.5 Å². The summed E-state index contributed by atoms with van der Waals surface area (Å²) in [6, 6.07) is 15.2. The summed E-state index contributed by atoms with van der Waals surface area (Å²) >= 11 is 1.24. The molecule has 3 rings (SSSR count). The highest BCUT2D eigenvalue weighted by Crippen LogP contribution is 2.30. The van der Waals surface area contributed by atoms with Crippen molar-refractivity contribution in [2.24, 2.45) is 0 Å². The predicted molar refractivity (Wildman–Crippen MR) is 98.3 cm³/mol. The van der Waals surface area contributed by atoms with Crippen LogP contribution in [0.1, 0.15) is 36.7 Å². The van der Waals surface area contributed by atoms with E-state index in [0.717, 1.165) is 17.1 Å². The largest absolute Gasteiger partial charge is 0.294 e. The number of benzene rings is 1. The molecule has 5 nitrogen and oxygen atoms in total. The molecule has 0 bridgehead atoms. The zero-order chi connectivity index (χ0) is 18.0. The molecule has 0 radical (unpaired) electrons. The summed E-state index contributed by atoms with van der Waals surface area (Å²) in [5.74, 6) is 0.250. The molecule has 2 heterocycles. The maximum atomic E-state index is 12.8. The zero-order valence-corrected chi connectivity index (χ0v) is 15.1. The first-order chi connectivity index (χ1) is 12.0. The number of pyridine rings is 1. The Morgan fingerprint density at radius 1 is 1.20 bits per heavy atom. The van der Waals surface area contributed by atoms with E-state index in [1.165, 1.54) is 16.4 Å². The van der Waals surface area contributed by atoms with E-state index in [4.69, 9.17) is 0 Å². The van der Waals surface area contributed by atoms with Gasteiger partial charge in [-0.25, -0.2) is 9.67 Å². The van der Waals surface area contributed by atoms with Gasteiger partial charge in [0.15, 0.2) is 0 Å². The molecule has 25 heavy (non-hydrogen) atoms. The van der Waals surface area contributed by atoms with Crippen molar-refractivity contribution in [1.82, 2.24) is 14.8 Å². The fourth-order valence-corrected chi connectivity index (χ4v) is 3.39. The van der Waals surface area contributed by atoms with Gasteiger partial charge in [0.1, 0.15) is 16.0 Å². The highest BCUT2D eigenvalue weighted by molar-refractivity contribution is 7.99. The van der Waals surface area contributed by atoms with Crippen LogP contribution in [0.2, 0.25) is 0 Å². The highest BCUT2D eigenvalue weighted by Gasteiger charge is 2.17. The molecule has 0 saturated heterocycles. The van der Waals surface area contributed by atoms with Gasteiger partial charge in [0.05, 0.1) is 11.3 Å². The quantitative estimate of drug-likeness (QED) is 0.771. The number of nitriles is 1. The first-order valence-corrected chi connectivity index (χ1v) is 8.79. The molecular weight excluding hydrogens is 332 g/mol. The van der Waals surface area contributed by atoms with Crippen LogP contribution in [0, 0.1) is 18.3 Å². The van der Waals surface area contributed by atoms with Gasteiger partial charge < -0.3 is 0 Å². The van der Waals surface area contributed by atoms with Crippen molar-refractivity contribution >= 4 is 11.8 Å². The van der Waals surface area contributed by atoms with E-state index in [0.29, 0.717) is 15.5 Å². The second kappa shape index (κ2) is 6.99. The topological polar surface area (TPSA) is 74.5 Å². The Hall–Kier alpha value is -2.78. The molecule has 0 aliphatic carbocycles. The van der Waals surface area contributed by atoms with E-state index in [2.05, 4.69) is 16.2 Å². The Labute approximate surface area is 150 Å². The van der Waals surface area contributed by atoms with Gasteiger partial charge in [-0.3, -0.25) is 9.89 Å². The van der Waals surface area contributed by atoms with Crippen molar-refractivity contribution in [3.63, 3.8) is 0 Å². The van der Waals surface area contributed by atoms with Crippen molar-refractivity contribution in [3.8, 4) is 11.8 Å². The average molecular weight is 350 g/mol.